The molecule has 1 heterocycles. The summed E-state index contributed by atoms with van der Waals surface area (Å²) >= 11 is 0. The quantitative estimate of drug-likeness (QED) is 0.520. The van der Waals surface area contributed by atoms with Crippen molar-refractivity contribution >= 4 is 22.0 Å². The summed E-state index contributed by atoms with van der Waals surface area (Å²) in [4.78, 5) is 24.1. The third-order valence-electron chi connectivity index (χ3n) is 2.58. The van der Waals surface area contributed by atoms with Crippen LogP contribution in [0.4, 0.5) is 0 Å². The Labute approximate surface area is 99.5 Å². The zero-order chi connectivity index (χ0) is 13.1. The van der Waals surface area contributed by atoms with Crippen LogP contribution < -0.4 is 0 Å². The predicted molar refractivity (Wildman–Crippen MR) is 57.7 cm³/mol. The second-order valence-corrected chi connectivity index (χ2v) is 5.48. The van der Waals surface area contributed by atoms with Crippen LogP contribution in [0.3, 0.4) is 0 Å². The highest BCUT2D eigenvalue weighted by molar-refractivity contribution is 7.85. The molecule has 1 unspecified atom stereocenters. The van der Waals surface area contributed by atoms with Gasteiger partial charge in [0.15, 0.2) is 0 Å². The first-order valence-electron chi connectivity index (χ1n) is 5.14. The monoisotopic (exact) mass is 265 g/mol. The summed E-state index contributed by atoms with van der Waals surface area (Å²) in [5.74, 6) is -1.50. The van der Waals surface area contributed by atoms with Crippen LogP contribution in [0, 0.1) is 5.92 Å². The molecule has 1 fully saturated rings. The lowest BCUT2D eigenvalue weighted by molar-refractivity contribution is -0.145. The Morgan fingerprint density at radius 1 is 1.59 bits per heavy atom. The molecule has 0 aromatic rings. The molecule has 1 rings (SSSR count). The molecule has 1 aliphatic rings. The fourth-order valence-corrected chi connectivity index (χ4v) is 2.24. The Bertz CT molecular complexity index is 404. The summed E-state index contributed by atoms with van der Waals surface area (Å²) in [5.41, 5.74) is 0. The van der Waals surface area contributed by atoms with Gasteiger partial charge in [0.2, 0.25) is 5.91 Å². The van der Waals surface area contributed by atoms with Gasteiger partial charge in [-0.3, -0.25) is 14.1 Å². The minimum atomic E-state index is -4.00. The van der Waals surface area contributed by atoms with Gasteiger partial charge in [-0.05, 0) is 6.42 Å². The van der Waals surface area contributed by atoms with Gasteiger partial charge in [-0.15, -0.1) is 0 Å². The van der Waals surface area contributed by atoms with Crippen molar-refractivity contribution in [3.63, 3.8) is 0 Å². The molecule has 7 nitrogen and oxygen atoms in total. The van der Waals surface area contributed by atoms with Gasteiger partial charge in [-0.25, -0.2) is 0 Å². The Morgan fingerprint density at radius 2 is 2.24 bits per heavy atom. The molecule has 0 aliphatic carbocycles. The Balaban J connectivity index is 2.41. The number of carbonyl (C=O) groups is 2. The van der Waals surface area contributed by atoms with E-state index < -0.39 is 22.0 Å². The average Bonchev–Trinajstić information content (AvgIpc) is 2.57. The molecule has 98 valence electrons. The highest BCUT2D eigenvalue weighted by Crippen LogP contribution is 2.19. The first kappa shape index (κ1) is 13.9. The number of likely N-dealkylation sites (tertiary alicyclic amines) is 1. The normalized spacial score (nSPS) is 20.7. The van der Waals surface area contributed by atoms with E-state index in [2.05, 4.69) is 4.74 Å². The van der Waals surface area contributed by atoms with E-state index >= 15 is 0 Å². The van der Waals surface area contributed by atoms with E-state index in [0.717, 1.165) is 0 Å². The molecule has 1 aliphatic heterocycles. The van der Waals surface area contributed by atoms with Crippen LogP contribution in [0.25, 0.3) is 0 Å². The molecule has 0 spiro atoms. The molecular formula is C9H15NO6S. The lowest BCUT2D eigenvalue weighted by atomic mass is 10.1. The van der Waals surface area contributed by atoms with Crippen molar-refractivity contribution < 1.29 is 27.3 Å². The molecule has 0 bridgehead atoms. The number of esters is 1. The van der Waals surface area contributed by atoms with E-state index in [4.69, 9.17) is 4.55 Å². The van der Waals surface area contributed by atoms with Crippen molar-refractivity contribution in [2.24, 2.45) is 5.92 Å². The SMILES string of the molecule is COC(=O)C1CC(=O)N(CCCS(=O)(=O)O)C1. The standard InChI is InChI=1S/C9H15NO6S/c1-16-9(12)7-5-8(11)10(6-7)3-2-4-17(13,14)15/h7H,2-6H2,1H3,(H,13,14,15). The molecule has 0 aromatic heterocycles. The molecule has 1 atom stereocenters. The maximum absolute atomic E-state index is 11.5. The Kier molecular flexibility index (Phi) is 4.47. The largest absolute Gasteiger partial charge is 0.469 e. The van der Waals surface area contributed by atoms with Crippen molar-refractivity contribution in [3.05, 3.63) is 0 Å². The smallest absolute Gasteiger partial charge is 0.310 e. The maximum atomic E-state index is 11.5. The fourth-order valence-electron chi connectivity index (χ4n) is 1.75. The average molecular weight is 265 g/mol. The van der Waals surface area contributed by atoms with E-state index in [1.807, 2.05) is 0 Å². The summed E-state index contributed by atoms with van der Waals surface area (Å²) < 4.78 is 34.0. The van der Waals surface area contributed by atoms with Gasteiger partial charge >= 0.3 is 5.97 Å². The predicted octanol–water partition coefficient (Wildman–Crippen LogP) is -0.714. The van der Waals surface area contributed by atoms with E-state index in [1.54, 1.807) is 0 Å². The number of hydrogen-bond donors (Lipinski definition) is 1. The van der Waals surface area contributed by atoms with E-state index in [1.165, 1.54) is 12.0 Å². The van der Waals surface area contributed by atoms with E-state index in [-0.39, 0.29) is 37.6 Å². The Hall–Kier alpha value is -1.15. The van der Waals surface area contributed by atoms with Crippen LogP contribution in [0.15, 0.2) is 0 Å². The fraction of sp³-hybridized carbons (Fsp3) is 0.778. The van der Waals surface area contributed by atoms with Crippen LogP contribution in [0.5, 0.6) is 0 Å². The number of amides is 1. The summed E-state index contributed by atoms with van der Waals surface area (Å²) in [6.45, 7) is 0.461. The molecule has 8 heteroatoms. The number of hydrogen-bond acceptors (Lipinski definition) is 5. The Morgan fingerprint density at radius 3 is 2.76 bits per heavy atom. The second kappa shape index (κ2) is 5.46. The van der Waals surface area contributed by atoms with Gasteiger partial charge in [0, 0.05) is 19.5 Å². The molecule has 17 heavy (non-hydrogen) atoms. The van der Waals surface area contributed by atoms with Crippen LogP contribution in [0.2, 0.25) is 0 Å². The van der Waals surface area contributed by atoms with Gasteiger partial charge < -0.3 is 9.64 Å². The number of nitrogens with zero attached hydrogens (tertiary/aromatic N) is 1. The van der Waals surface area contributed by atoms with Crippen LogP contribution in [-0.2, 0) is 24.4 Å². The summed E-state index contributed by atoms with van der Waals surface area (Å²) in [5, 5.41) is 0. The molecule has 0 saturated carbocycles. The first-order chi connectivity index (χ1) is 7.83. The van der Waals surface area contributed by atoms with Crippen molar-refractivity contribution in [1.82, 2.24) is 4.90 Å². The molecule has 1 saturated heterocycles. The maximum Gasteiger partial charge on any atom is 0.310 e. The minimum Gasteiger partial charge on any atom is -0.469 e. The van der Waals surface area contributed by atoms with Crippen molar-refractivity contribution in [2.45, 2.75) is 12.8 Å². The number of methoxy groups -OCH3 is 1. The molecule has 0 aromatic carbocycles. The van der Waals surface area contributed by atoms with E-state index in [0.29, 0.717) is 0 Å². The zero-order valence-corrected chi connectivity index (χ0v) is 10.3. The third-order valence-corrected chi connectivity index (χ3v) is 3.38. The van der Waals surface area contributed by atoms with Crippen LogP contribution in [0.1, 0.15) is 12.8 Å². The minimum absolute atomic E-state index is 0.0958. The zero-order valence-electron chi connectivity index (χ0n) is 9.46. The number of carbonyl (C=O) groups excluding carboxylic acids is 2. The van der Waals surface area contributed by atoms with Crippen molar-refractivity contribution in [1.29, 1.82) is 0 Å². The first-order valence-corrected chi connectivity index (χ1v) is 6.75. The van der Waals surface area contributed by atoms with Crippen LogP contribution in [-0.4, -0.2) is 55.7 Å². The topological polar surface area (TPSA) is 101 Å². The molecule has 1 N–H and O–H groups in total. The van der Waals surface area contributed by atoms with Gasteiger partial charge in [0.25, 0.3) is 10.1 Å². The van der Waals surface area contributed by atoms with E-state index in [9.17, 15) is 18.0 Å². The van der Waals surface area contributed by atoms with Gasteiger partial charge in [0.1, 0.15) is 0 Å². The highest BCUT2D eigenvalue weighted by Gasteiger charge is 2.34. The number of rotatable bonds is 5. The number of ether oxygens (including phenoxy) is 1. The van der Waals surface area contributed by atoms with Crippen molar-refractivity contribution in [3.8, 4) is 0 Å². The molecular weight excluding hydrogens is 250 g/mol. The lowest BCUT2D eigenvalue weighted by Gasteiger charge is -2.15. The second-order valence-electron chi connectivity index (χ2n) is 3.90. The lowest BCUT2D eigenvalue weighted by Crippen LogP contribution is -2.28. The highest BCUT2D eigenvalue weighted by atomic mass is 32.2. The molecule has 1 amide bonds. The van der Waals surface area contributed by atoms with Gasteiger partial charge in [-0.2, -0.15) is 8.42 Å². The molecule has 0 radical (unpaired) electrons. The summed E-state index contributed by atoms with van der Waals surface area (Å²) in [6.07, 6.45) is 0.247. The van der Waals surface area contributed by atoms with Gasteiger partial charge in [-0.1, -0.05) is 0 Å². The van der Waals surface area contributed by atoms with Gasteiger partial charge in [0.05, 0.1) is 18.8 Å². The summed E-state index contributed by atoms with van der Waals surface area (Å²) in [6, 6.07) is 0. The summed E-state index contributed by atoms with van der Waals surface area (Å²) in [7, 11) is -2.74. The third kappa shape index (κ3) is 4.31. The van der Waals surface area contributed by atoms with Crippen molar-refractivity contribution in [2.75, 3.05) is 26.0 Å². The van der Waals surface area contributed by atoms with Crippen LogP contribution >= 0.6 is 0 Å².